The van der Waals surface area contributed by atoms with E-state index in [1.165, 1.54) is 17.8 Å². The van der Waals surface area contributed by atoms with Crippen LogP contribution in [0.4, 0.5) is 10.2 Å². The van der Waals surface area contributed by atoms with Crippen LogP contribution in [-0.4, -0.2) is 28.6 Å². The van der Waals surface area contributed by atoms with E-state index in [1.807, 2.05) is 6.26 Å². The number of nitrogens with one attached hydrogen (secondary N) is 1. The molecule has 1 aliphatic rings. The molecule has 0 aliphatic heterocycles. The zero-order valence-electron chi connectivity index (χ0n) is 11.5. The van der Waals surface area contributed by atoms with Crippen molar-refractivity contribution in [3.05, 3.63) is 35.6 Å². The second-order valence-electron chi connectivity index (χ2n) is 4.84. The first kappa shape index (κ1) is 14.0. The van der Waals surface area contributed by atoms with Crippen molar-refractivity contribution in [1.82, 2.24) is 9.97 Å². The zero-order chi connectivity index (χ0) is 14.8. The van der Waals surface area contributed by atoms with E-state index in [1.54, 1.807) is 18.2 Å². The van der Waals surface area contributed by atoms with Crippen LogP contribution in [0.2, 0.25) is 0 Å². The molecule has 108 valence electrons. The number of thioether (sulfide) groups is 1. The van der Waals surface area contributed by atoms with E-state index in [4.69, 9.17) is 0 Å². The standard InChI is InChI=1S/C15H14FN3OS/c1-21-15-18-13(10-4-2-3-5-12(10)16)11(8-20)14(19-15)17-9-6-7-9/h2-5,8-9H,6-7H2,1H3,(H,17,18,19). The number of anilines is 1. The van der Waals surface area contributed by atoms with Crippen molar-refractivity contribution < 1.29 is 9.18 Å². The van der Waals surface area contributed by atoms with Gasteiger partial charge in [-0.15, -0.1) is 0 Å². The fraction of sp³-hybridized carbons (Fsp3) is 0.267. The van der Waals surface area contributed by atoms with Crippen molar-refractivity contribution in [3.8, 4) is 11.3 Å². The number of aromatic nitrogens is 2. The highest BCUT2D eigenvalue weighted by Gasteiger charge is 2.25. The first-order valence-electron chi connectivity index (χ1n) is 6.65. The number of halogens is 1. The van der Waals surface area contributed by atoms with E-state index in [2.05, 4.69) is 15.3 Å². The van der Waals surface area contributed by atoms with Crippen molar-refractivity contribution in [1.29, 1.82) is 0 Å². The number of carbonyl (C=O) groups excluding carboxylic acids is 1. The summed E-state index contributed by atoms with van der Waals surface area (Å²) in [5, 5.41) is 3.74. The topological polar surface area (TPSA) is 54.9 Å². The largest absolute Gasteiger partial charge is 0.367 e. The number of nitrogens with zero attached hydrogens (tertiary/aromatic N) is 2. The minimum Gasteiger partial charge on any atom is -0.367 e. The smallest absolute Gasteiger partial charge is 0.189 e. The summed E-state index contributed by atoms with van der Waals surface area (Å²) in [5.41, 5.74) is 0.964. The lowest BCUT2D eigenvalue weighted by Gasteiger charge is -2.12. The molecular weight excluding hydrogens is 289 g/mol. The minimum atomic E-state index is -0.399. The number of hydrogen-bond donors (Lipinski definition) is 1. The maximum absolute atomic E-state index is 14.0. The number of aldehydes is 1. The lowest BCUT2D eigenvalue weighted by Crippen LogP contribution is -2.10. The van der Waals surface area contributed by atoms with Gasteiger partial charge >= 0.3 is 0 Å². The summed E-state index contributed by atoms with van der Waals surface area (Å²) in [5.74, 6) is 0.0915. The average molecular weight is 303 g/mol. The monoisotopic (exact) mass is 303 g/mol. The number of carbonyl (C=O) groups is 1. The summed E-state index contributed by atoms with van der Waals surface area (Å²) < 4.78 is 14.0. The summed E-state index contributed by atoms with van der Waals surface area (Å²) in [4.78, 5) is 20.2. The molecule has 0 atom stereocenters. The van der Waals surface area contributed by atoms with Crippen molar-refractivity contribution >= 4 is 23.9 Å². The van der Waals surface area contributed by atoms with E-state index < -0.39 is 5.82 Å². The molecule has 1 heterocycles. The molecule has 1 aromatic heterocycles. The zero-order valence-corrected chi connectivity index (χ0v) is 12.3. The first-order valence-corrected chi connectivity index (χ1v) is 7.88. The van der Waals surface area contributed by atoms with Gasteiger partial charge in [0.05, 0.1) is 11.3 Å². The Morgan fingerprint density at radius 3 is 2.71 bits per heavy atom. The fourth-order valence-corrected chi connectivity index (χ4v) is 2.41. The van der Waals surface area contributed by atoms with Crippen LogP contribution in [0.15, 0.2) is 29.4 Å². The molecule has 3 rings (SSSR count). The Hall–Kier alpha value is -1.95. The summed E-state index contributed by atoms with van der Waals surface area (Å²) in [6.45, 7) is 0. The molecule has 21 heavy (non-hydrogen) atoms. The highest BCUT2D eigenvalue weighted by atomic mass is 32.2. The Morgan fingerprint density at radius 2 is 2.10 bits per heavy atom. The molecule has 1 N–H and O–H groups in total. The molecule has 0 amide bonds. The molecule has 1 saturated carbocycles. The lowest BCUT2D eigenvalue weighted by molar-refractivity contribution is 0.112. The van der Waals surface area contributed by atoms with Gasteiger partial charge in [0, 0.05) is 11.6 Å². The predicted octanol–water partition coefficient (Wildman–Crippen LogP) is 3.39. The summed E-state index contributed by atoms with van der Waals surface area (Å²) >= 11 is 1.36. The van der Waals surface area contributed by atoms with Crippen LogP contribution in [0.5, 0.6) is 0 Å². The van der Waals surface area contributed by atoms with Gasteiger partial charge in [0.2, 0.25) is 0 Å². The molecule has 0 spiro atoms. The van der Waals surface area contributed by atoms with Gasteiger partial charge in [-0.05, 0) is 31.2 Å². The van der Waals surface area contributed by atoms with E-state index >= 15 is 0 Å². The van der Waals surface area contributed by atoms with Gasteiger partial charge in [0.25, 0.3) is 0 Å². The fourth-order valence-electron chi connectivity index (χ4n) is 2.04. The summed E-state index contributed by atoms with van der Waals surface area (Å²) in [7, 11) is 0. The predicted molar refractivity (Wildman–Crippen MR) is 81.2 cm³/mol. The molecule has 1 aliphatic carbocycles. The Morgan fingerprint density at radius 1 is 1.33 bits per heavy atom. The van der Waals surface area contributed by atoms with Gasteiger partial charge in [0.15, 0.2) is 11.4 Å². The van der Waals surface area contributed by atoms with Crippen LogP contribution >= 0.6 is 11.8 Å². The quantitative estimate of drug-likeness (QED) is 0.521. The molecule has 0 saturated heterocycles. The van der Waals surface area contributed by atoms with Crippen molar-refractivity contribution in [2.75, 3.05) is 11.6 Å². The third-order valence-electron chi connectivity index (χ3n) is 3.27. The maximum atomic E-state index is 14.0. The van der Waals surface area contributed by atoms with E-state index in [0.29, 0.717) is 40.1 Å². The third kappa shape index (κ3) is 2.90. The molecule has 0 radical (unpaired) electrons. The van der Waals surface area contributed by atoms with Crippen LogP contribution in [0.1, 0.15) is 23.2 Å². The highest BCUT2D eigenvalue weighted by Crippen LogP contribution is 2.32. The highest BCUT2D eigenvalue weighted by molar-refractivity contribution is 7.98. The van der Waals surface area contributed by atoms with Gasteiger partial charge in [-0.2, -0.15) is 0 Å². The maximum Gasteiger partial charge on any atom is 0.189 e. The van der Waals surface area contributed by atoms with Crippen LogP contribution in [0.25, 0.3) is 11.3 Å². The Balaban J connectivity index is 2.17. The van der Waals surface area contributed by atoms with Gasteiger partial charge in [-0.1, -0.05) is 23.9 Å². The number of benzene rings is 1. The van der Waals surface area contributed by atoms with Gasteiger partial charge in [0.1, 0.15) is 11.6 Å². The molecule has 2 aromatic rings. The van der Waals surface area contributed by atoms with Crippen LogP contribution in [0.3, 0.4) is 0 Å². The SMILES string of the molecule is CSc1nc(NC2CC2)c(C=O)c(-c2ccccc2F)n1. The molecule has 0 unspecified atom stereocenters. The van der Waals surface area contributed by atoms with Crippen molar-refractivity contribution in [2.45, 2.75) is 24.0 Å². The summed E-state index contributed by atoms with van der Waals surface area (Å²) in [6.07, 6.45) is 4.66. The Labute approximate surface area is 126 Å². The van der Waals surface area contributed by atoms with Gasteiger partial charge in [-0.25, -0.2) is 14.4 Å². The van der Waals surface area contributed by atoms with Gasteiger partial charge in [-0.3, -0.25) is 4.79 Å². The van der Waals surface area contributed by atoms with E-state index in [-0.39, 0.29) is 0 Å². The Kier molecular flexibility index (Phi) is 3.88. The van der Waals surface area contributed by atoms with Crippen LogP contribution < -0.4 is 5.32 Å². The first-order chi connectivity index (χ1) is 10.2. The average Bonchev–Trinajstić information content (AvgIpc) is 3.31. The normalized spacial score (nSPS) is 14.0. The molecule has 1 aromatic carbocycles. The van der Waals surface area contributed by atoms with Gasteiger partial charge < -0.3 is 5.32 Å². The van der Waals surface area contributed by atoms with Crippen LogP contribution in [0, 0.1) is 5.82 Å². The second-order valence-corrected chi connectivity index (χ2v) is 5.61. The molecule has 0 bridgehead atoms. The Bertz CT molecular complexity index is 689. The molecule has 6 heteroatoms. The molecule has 1 fully saturated rings. The summed E-state index contributed by atoms with van der Waals surface area (Å²) in [6, 6.07) is 6.66. The second kappa shape index (κ2) is 5.81. The lowest BCUT2D eigenvalue weighted by atomic mass is 10.1. The van der Waals surface area contributed by atoms with E-state index in [0.717, 1.165) is 12.8 Å². The van der Waals surface area contributed by atoms with Crippen LogP contribution in [-0.2, 0) is 0 Å². The van der Waals surface area contributed by atoms with Crippen molar-refractivity contribution in [3.63, 3.8) is 0 Å². The molecule has 4 nitrogen and oxygen atoms in total. The molecular formula is C15H14FN3OS. The number of rotatable bonds is 5. The van der Waals surface area contributed by atoms with E-state index in [9.17, 15) is 9.18 Å². The van der Waals surface area contributed by atoms with Crippen molar-refractivity contribution in [2.24, 2.45) is 0 Å². The minimum absolute atomic E-state index is 0.310. The number of hydrogen-bond acceptors (Lipinski definition) is 5. The third-order valence-corrected chi connectivity index (χ3v) is 3.82.